The van der Waals surface area contributed by atoms with E-state index in [2.05, 4.69) is 19.9 Å². The molecule has 0 aromatic carbocycles. The van der Waals surface area contributed by atoms with Crippen LogP contribution in [-0.4, -0.2) is 0 Å². The van der Waals surface area contributed by atoms with E-state index in [4.69, 9.17) is 5.73 Å². The molecule has 0 fully saturated rings. The van der Waals surface area contributed by atoms with Crippen LogP contribution in [0.25, 0.3) is 0 Å². The Bertz CT molecular complexity index is 319. The molecular formula is C14H23NS. The van der Waals surface area contributed by atoms with Gasteiger partial charge in [0.05, 0.1) is 0 Å². The second-order valence-corrected chi connectivity index (χ2v) is 6.33. The van der Waals surface area contributed by atoms with E-state index in [1.807, 2.05) is 11.3 Å². The monoisotopic (exact) mass is 237 g/mol. The van der Waals surface area contributed by atoms with Crippen LogP contribution in [0, 0.1) is 5.92 Å². The fourth-order valence-corrected chi connectivity index (χ4v) is 3.68. The zero-order chi connectivity index (χ0) is 11.5. The van der Waals surface area contributed by atoms with Crippen molar-refractivity contribution in [3.05, 3.63) is 21.4 Å². The lowest BCUT2D eigenvalue weighted by molar-refractivity contribution is 0.464. The van der Waals surface area contributed by atoms with E-state index in [0.717, 1.165) is 12.3 Å². The van der Waals surface area contributed by atoms with Crippen molar-refractivity contribution in [3.63, 3.8) is 0 Å². The molecule has 2 rings (SSSR count). The Morgan fingerprint density at radius 3 is 2.81 bits per heavy atom. The SMILES string of the molecule is CCC(C)CC(N)c1cc2c(s1)CCCC2. The molecule has 2 unspecified atom stereocenters. The third-order valence-corrected chi connectivity index (χ3v) is 5.10. The van der Waals surface area contributed by atoms with Gasteiger partial charge in [0, 0.05) is 15.8 Å². The first kappa shape index (κ1) is 12.1. The number of fused-ring (bicyclic) bond motifs is 1. The zero-order valence-corrected chi connectivity index (χ0v) is 11.3. The maximum Gasteiger partial charge on any atom is 0.0392 e. The first-order valence-electron chi connectivity index (χ1n) is 6.57. The molecule has 0 amide bonds. The zero-order valence-electron chi connectivity index (χ0n) is 10.5. The summed E-state index contributed by atoms with van der Waals surface area (Å²) in [4.78, 5) is 3.04. The average Bonchev–Trinajstić information content (AvgIpc) is 2.72. The first-order valence-corrected chi connectivity index (χ1v) is 7.39. The Morgan fingerprint density at radius 1 is 1.38 bits per heavy atom. The van der Waals surface area contributed by atoms with Crippen LogP contribution in [0.15, 0.2) is 6.07 Å². The molecule has 0 spiro atoms. The molecule has 1 nitrogen and oxygen atoms in total. The number of hydrogen-bond donors (Lipinski definition) is 1. The molecule has 0 bridgehead atoms. The molecule has 1 heterocycles. The molecule has 2 heteroatoms. The highest BCUT2D eigenvalue weighted by molar-refractivity contribution is 7.12. The quantitative estimate of drug-likeness (QED) is 0.839. The van der Waals surface area contributed by atoms with E-state index in [0.29, 0.717) is 0 Å². The van der Waals surface area contributed by atoms with Crippen LogP contribution in [0.5, 0.6) is 0 Å². The lowest BCUT2D eigenvalue weighted by atomic mass is 9.96. The molecular weight excluding hydrogens is 214 g/mol. The summed E-state index contributed by atoms with van der Waals surface area (Å²) in [6.45, 7) is 4.55. The molecule has 0 aliphatic heterocycles. The molecule has 1 aromatic heterocycles. The maximum absolute atomic E-state index is 6.29. The topological polar surface area (TPSA) is 26.0 Å². The molecule has 1 aromatic rings. The third kappa shape index (κ3) is 2.67. The van der Waals surface area contributed by atoms with Crippen LogP contribution in [0.4, 0.5) is 0 Å². The largest absolute Gasteiger partial charge is 0.323 e. The molecule has 1 aliphatic carbocycles. The van der Waals surface area contributed by atoms with Crippen molar-refractivity contribution in [1.29, 1.82) is 0 Å². The van der Waals surface area contributed by atoms with Gasteiger partial charge < -0.3 is 5.73 Å². The standard InChI is InChI=1S/C14H23NS/c1-3-10(2)8-12(15)14-9-11-6-4-5-7-13(11)16-14/h9-10,12H,3-8,15H2,1-2H3. The minimum atomic E-state index is 0.269. The normalized spacial score (nSPS) is 19.2. The van der Waals surface area contributed by atoms with Crippen LogP contribution >= 0.6 is 11.3 Å². The number of nitrogens with two attached hydrogens (primary N) is 1. The fraction of sp³-hybridized carbons (Fsp3) is 0.714. The van der Waals surface area contributed by atoms with E-state index >= 15 is 0 Å². The summed E-state index contributed by atoms with van der Waals surface area (Å²) in [5, 5.41) is 0. The van der Waals surface area contributed by atoms with Crippen molar-refractivity contribution in [3.8, 4) is 0 Å². The van der Waals surface area contributed by atoms with Crippen molar-refractivity contribution >= 4 is 11.3 Å². The molecule has 90 valence electrons. The first-order chi connectivity index (χ1) is 7.70. The molecule has 2 N–H and O–H groups in total. The predicted molar refractivity (Wildman–Crippen MR) is 72.0 cm³/mol. The van der Waals surface area contributed by atoms with E-state index < -0.39 is 0 Å². The highest BCUT2D eigenvalue weighted by Crippen LogP contribution is 2.34. The van der Waals surface area contributed by atoms with Gasteiger partial charge in [-0.15, -0.1) is 11.3 Å². The second kappa shape index (κ2) is 5.33. The number of aryl methyl sites for hydroxylation is 2. The summed E-state index contributed by atoms with van der Waals surface area (Å²) in [5.41, 5.74) is 7.88. The van der Waals surface area contributed by atoms with Gasteiger partial charge in [-0.25, -0.2) is 0 Å². The fourth-order valence-electron chi connectivity index (χ4n) is 2.41. The van der Waals surface area contributed by atoms with Gasteiger partial charge >= 0.3 is 0 Å². The van der Waals surface area contributed by atoms with Gasteiger partial charge in [0.2, 0.25) is 0 Å². The lowest BCUT2D eigenvalue weighted by Gasteiger charge is -2.14. The second-order valence-electron chi connectivity index (χ2n) is 5.16. The highest BCUT2D eigenvalue weighted by atomic mass is 32.1. The summed E-state index contributed by atoms with van der Waals surface area (Å²) in [6.07, 6.45) is 7.67. The summed E-state index contributed by atoms with van der Waals surface area (Å²) in [5.74, 6) is 0.745. The van der Waals surface area contributed by atoms with Crippen LogP contribution in [-0.2, 0) is 12.8 Å². The Hall–Kier alpha value is -0.340. The van der Waals surface area contributed by atoms with Gasteiger partial charge in [-0.2, -0.15) is 0 Å². The number of hydrogen-bond acceptors (Lipinski definition) is 2. The molecule has 0 radical (unpaired) electrons. The Labute approximate surface area is 103 Å². The van der Waals surface area contributed by atoms with Gasteiger partial charge in [-0.05, 0) is 49.7 Å². The molecule has 2 atom stereocenters. The van der Waals surface area contributed by atoms with E-state index in [1.165, 1.54) is 37.0 Å². The summed E-state index contributed by atoms with van der Waals surface area (Å²) in [7, 11) is 0. The lowest BCUT2D eigenvalue weighted by Crippen LogP contribution is -2.12. The third-order valence-electron chi connectivity index (χ3n) is 3.73. The van der Waals surface area contributed by atoms with E-state index in [-0.39, 0.29) is 6.04 Å². The summed E-state index contributed by atoms with van der Waals surface area (Å²) >= 11 is 1.97. The average molecular weight is 237 g/mol. The van der Waals surface area contributed by atoms with E-state index in [1.54, 1.807) is 10.4 Å². The number of thiophene rings is 1. The maximum atomic E-state index is 6.29. The smallest absolute Gasteiger partial charge is 0.0392 e. The predicted octanol–water partition coefficient (Wildman–Crippen LogP) is 4.06. The molecule has 0 saturated carbocycles. The van der Waals surface area contributed by atoms with Gasteiger partial charge in [0.1, 0.15) is 0 Å². The van der Waals surface area contributed by atoms with Crippen molar-refractivity contribution in [2.45, 2.75) is 58.4 Å². The highest BCUT2D eigenvalue weighted by Gasteiger charge is 2.17. The Morgan fingerprint density at radius 2 is 2.12 bits per heavy atom. The Balaban J connectivity index is 2.05. The van der Waals surface area contributed by atoms with Gasteiger partial charge in [0.25, 0.3) is 0 Å². The number of rotatable bonds is 4. The van der Waals surface area contributed by atoms with Crippen molar-refractivity contribution in [2.24, 2.45) is 11.7 Å². The summed E-state index contributed by atoms with van der Waals surface area (Å²) in [6, 6.07) is 2.65. The minimum absolute atomic E-state index is 0.269. The van der Waals surface area contributed by atoms with Crippen molar-refractivity contribution < 1.29 is 0 Å². The molecule has 0 saturated heterocycles. The van der Waals surface area contributed by atoms with Crippen molar-refractivity contribution in [1.82, 2.24) is 0 Å². The Kier molecular flexibility index (Phi) is 4.04. The molecule has 1 aliphatic rings. The minimum Gasteiger partial charge on any atom is -0.323 e. The van der Waals surface area contributed by atoms with Gasteiger partial charge in [-0.3, -0.25) is 0 Å². The van der Waals surface area contributed by atoms with Crippen LogP contribution in [0.1, 0.15) is 60.9 Å². The van der Waals surface area contributed by atoms with Crippen LogP contribution < -0.4 is 5.73 Å². The molecule has 16 heavy (non-hydrogen) atoms. The van der Waals surface area contributed by atoms with Gasteiger partial charge in [0.15, 0.2) is 0 Å². The summed E-state index contributed by atoms with van der Waals surface area (Å²) < 4.78 is 0. The van der Waals surface area contributed by atoms with Crippen molar-refractivity contribution in [2.75, 3.05) is 0 Å². The van der Waals surface area contributed by atoms with E-state index in [9.17, 15) is 0 Å². The van der Waals surface area contributed by atoms with Crippen LogP contribution in [0.2, 0.25) is 0 Å². The van der Waals surface area contributed by atoms with Crippen LogP contribution in [0.3, 0.4) is 0 Å². The van der Waals surface area contributed by atoms with Gasteiger partial charge in [-0.1, -0.05) is 20.3 Å².